The zero-order valence-electron chi connectivity index (χ0n) is 13.5. The topological polar surface area (TPSA) is 86.0 Å². The highest BCUT2D eigenvalue weighted by molar-refractivity contribution is 5.50. The first-order valence-corrected chi connectivity index (χ1v) is 7.41. The first-order valence-electron chi connectivity index (χ1n) is 7.41. The zero-order chi connectivity index (χ0) is 17.8. The van der Waals surface area contributed by atoms with E-state index in [4.69, 9.17) is 9.15 Å². The molecule has 130 valence electrons. The minimum absolute atomic E-state index is 0.0365. The van der Waals surface area contributed by atoms with E-state index in [1.165, 1.54) is 12.4 Å². The molecule has 1 unspecified atom stereocenters. The summed E-state index contributed by atoms with van der Waals surface area (Å²) >= 11 is 0. The van der Waals surface area contributed by atoms with Crippen LogP contribution < -0.4 is 10.1 Å². The van der Waals surface area contributed by atoms with Crippen molar-refractivity contribution < 1.29 is 17.9 Å². The number of hydrogen-bond donors (Lipinski definition) is 1. The summed E-state index contributed by atoms with van der Waals surface area (Å²) in [5, 5.41) is 9.97. The molecule has 0 saturated heterocycles. The normalized spacial score (nSPS) is 12.2. The van der Waals surface area contributed by atoms with E-state index >= 15 is 0 Å². The highest BCUT2D eigenvalue weighted by Crippen LogP contribution is 2.23. The maximum absolute atomic E-state index is 12.5. The summed E-state index contributed by atoms with van der Waals surface area (Å²) in [6.07, 6.45) is 0.0472. The molecule has 1 atom stereocenters. The number of nitrogens with zero attached hydrogens (tertiary/aromatic N) is 4. The molecule has 0 fully saturated rings. The molecule has 2 heterocycles. The zero-order valence-corrected chi connectivity index (χ0v) is 13.5. The lowest BCUT2D eigenvalue weighted by Gasteiger charge is -2.14. The number of benzene rings is 1. The molecule has 0 aliphatic rings. The third-order valence-electron chi connectivity index (χ3n) is 3.49. The molecule has 1 N–H and O–H groups in total. The minimum atomic E-state index is -2.81. The van der Waals surface area contributed by atoms with Crippen LogP contribution in [0.2, 0.25) is 0 Å². The van der Waals surface area contributed by atoms with Crippen LogP contribution in [-0.4, -0.2) is 27.3 Å². The molecule has 0 saturated carbocycles. The van der Waals surface area contributed by atoms with Crippen molar-refractivity contribution in [3.05, 3.63) is 48.1 Å². The van der Waals surface area contributed by atoms with Crippen LogP contribution in [-0.2, 0) is 0 Å². The van der Waals surface area contributed by atoms with E-state index in [0.717, 1.165) is 11.3 Å². The summed E-state index contributed by atoms with van der Waals surface area (Å²) in [6.45, 7) is 1.96. The van der Waals surface area contributed by atoms with E-state index in [2.05, 4.69) is 25.5 Å². The molecule has 0 amide bonds. The van der Waals surface area contributed by atoms with Crippen LogP contribution in [0.25, 0.3) is 11.5 Å². The Balaban J connectivity index is 1.68. The van der Waals surface area contributed by atoms with E-state index in [-0.39, 0.29) is 11.9 Å². The Labute approximate surface area is 142 Å². The maximum Gasteiger partial charge on any atom is 0.314 e. The van der Waals surface area contributed by atoms with E-state index < -0.39 is 12.3 Å². The molecule has 2 aromatic heterocycles. The van der Waals surface area contributed by atoms with Gasteiger partial charge in [-0.2, -0.15) is 8.78 Å². The third kappa shape index (κ3) is 3.87. The van der Waals surface area contributed by atoms with Gasteiger partial charge in [0.1, 0.15) is 5.75 Å². The lowest BCUT2D eigenvalue weighted by molar-refractivity contribution is 0.116. The van der Waals surface area contributed by atoms with Crippen molar-refractivity contribution in [3.8, 4) is 17.2 Å². The lowest BCUT2D eigenvalue weighted by atomic mass is 10.1. The number of halogens is 2. The van der Waals surface area contributed by atoms with E-state index in [1.807, 2.05) is 31.2 Å². The van der Waals surface area contributed by atoms with Crippen molar-refractivity contribution in [1.29, 1.82) is 0 Å². The van der Waals surface area contributed by atoms with Crippen molar-refractivity contribution in [2.75, 3.05) is 12.4 Å². The van der Waals surface area contributed by atoms with Gasteiger partial charge in [0.05, 0.1) is 18.7 Å². The van der Waals surface area contributed by atoms with E-state index in [1.54, 1.807) is 7.11 Å². The summed E-state index contributed by atoms with van der Waals surface area (Å²) in [7, 11) is 1.61. The molecular weight excluding hydrogens is 332 g/mol. The van der Waals surface area contributed by atoms with Crippen LogP contribution in [0.3, 0.4) is 0 Å². The molecule has 0 bridgehead atoms. The average molecular weight is 347 g/mol. The Bertz CT molecular complexity index is 821. The SMILES string of the molecule is COc1ccc(C(C)Nc2ncc(-c3nnc(C(F)F)o3)cn2)cc1. The van der Waals surface area contributed by atoms with Crippen LogP contribution >= 0.6 is 0 Å². The smallest absolute Gasteiger partial charge is 0.314 e. The second-order valence-corrected chi connectivity index (χ2v) is 5.18. The molecular formula is C16H15F2N5O2. The largest absolute Gasteiger partial charge is 0.497 e. The van der Waals surface area contributed by atoms with Gasteiger partial charge in [-0.3, -0.25) is 0 Å². The number of anilines is 1. The minimum Gasteiger partial charge on any atom is -0.497 e. The van der Waals surface area contributed by atoms with Crippen LogP contribution in [0.4, 0.5) is 14.7 Å². The molecule has 7 nitrogen and oxygen atoms in total. The van der Waals surface area contributed by atoms with Crippen LogP contribution in [0.5, 0.6) is 5.75 Å². The summed E-state index contributed by atoms with van der Waals surface area (Å²) in [5.74, 6) is 0.385. The van der Waals surface area contributed by atoms with E-state index in [0.29, 0.717) is 11.5 Å². The maximum atomic E-state index is 12.5. The molecule has 0 radical (unpaired) electrons. The molecule has 25 heavy (non-hydrogen) atoms. The Kier molecular flexibility index (Phi) is 4.82. The monoisotopic (exact) mass is 347 g/mol. The molecule has 9 heteroatoms. The van der Waals surface area contributed by atoms with Crippen LogP contribution in [0.1, 0.15) is 30.8 Å². The molecule has 0 aliphatic carbocycles. The van der Waals surface area contributed by atoms with Gasteiger partial charge in [-0.05, 0) is 24.6 Å². The quantitative estimate of drug-likeness (QED) is 0.728. The van der Waals surface area contributed by atoms with Crippen molar-refractivity contribution in [3.63, 3.8) is 0 Å². The third-order valence-corrected chi connectivity index (χ3v) is 3.49. The summed E-state index contributed by atoms with van der Waals surface area (Å²) in [5.41, 5.74) is 1.40. The highest BCUT2D eigenvalue weighted by atomic mass is 19.3. The van der Waals surface area contributed by atoms with Gasteiger partial charge in [0.2, 0.25) is 5.95 Å². The highest BCUT2D eigenvalue weighted by Gasteiger charge is 2.17. The number of alkyl halides is 2. The van der Waals surface area contributed by atoms with Crippen molar-refractivity contribution >= 4 is 5.95 Å². The molecule has 1 aromatic carbocycles. The predicted molar refractivity (Wildman–Crippen MR) is 85.3 cm³/mol. The summed E-state index contributed by atoms with van der Waals surface area (Å²) in [4.78, 5) is 8.29. The summed E-state index contributed by atoms with van der Waals surface area (Å²) in [6, 6.07) is 7.58. The average Bonchev–Trinajstić information content (AvgIpc) is 3.13. The molecule has 3 aromatic rings. The molecule has 0 spiro atoms. The number of nitrogens with one attached hydrogen (secondary N) is 1. The lowest BCUT2D eigenvalue weighted by Crippen LogP contribution is -2.09. The van der Waals surface area contributed by atoms with Gasteiger partial charge in [-0.15, -0.1) is 10.2 Å². The van der Waals surface area contributed by atoms with Crippen LogP contribution in [0.15, 0.2) is 41.1 Å². The number of hydrogen-bond acceptors (Lipinski definition) is 7. The van der Waals surface area contributed by atoms with Crippen LogP contribution in [0, 0.1) is 0 Å². The molecule has 3 rings (SSSR count). The Morgan fingerprint density at radius 3 is 2.32 bits per heavy atom. The first-order chi connectivity index (χ1) is 12.1. The fourth-order valence-electron chi connectivity index (χ4n) is 2.12. The summed E-state index contributed by atoms with van der Waals surface area (Å²) < 4.78 is 34.9. The first kappa shape index (κ1) is 16.7. The fraction of sp³-hybridized carbons (Fsp3) is 0.250. The molecule has 0 aliphatic heterocycles. The number of aromatic nitrogens is 4. The predicted octanol–water partition coefficient (Wildman–Crippen LogP) is 3.65. The van der Waals surface area contributed by atoms with Gasteiger partial charge >= 0.3 is 6.43 Å². The number of methoxy groups -OCH3 is 1. The van der Waals surface area contributed by atoms with Crippen molar-refractivity contribution in [2.24, 2.45) is 0 Å². The van der Waals surface area contributed by atoms with Gasteiger partial charge in [0, 0.05) is 12.4 Å². The Hall–Kier alpha value is -3.10. The number of ether oxygens (including phenoxy) is 1. The van der Waals surface area contributed by atoms with E-state index in [9.17, 15) is 8.78 Å². The Morgan fingerprint density at radius 1 is 1.08 bits per heavy atom. The second kappa shape index (κ2) is 7.20. The van der Waals surface area contributed by atoms with Gasteiger partial charge in [0.15, 0.2) is 0 Å². The second-order valence-electron chi connectivity index (χ2n) is 5.18. The van der Waals surface area contributed by atoms with Gasteiger partial charge < -0.3 is 14.5 Å². The standard InChI is InChI=1S/C16H15F2N5O2/c1-9(10-3-5-12(24-2)6-4-10)21-16-19-7-11(8-20-16)14-22-23-15(25-14)13(17)18/h3-9,13H,1-2H3,(H,19,20,21). The van der Waals surface area contributed by atoms with Gasteiger partial charge in [0.25, 0.3) is 11.8 Å². The van der Waals surface area contributed by atoms with Crippen molar-refractivity contribution in [2.45, 2.75) is 19.4 Å². The number of rotatable bonds is 6. The van der Waals surface area contributed by atoms with Gasteiger partial charge in [-0.25, -0.2) is 9.97 Å². The Morgan fingerprint density at radius 2 is 1.76 bits per heavy atom. The fourth-order valence-corrected chi connectivity index (χ4v) is 2.12. The van der Waals surface area contributed by atoms with Crippen molar-refractivity contribution in [1.82, 2.24) is 20.2 Å². The van der Waals surface area contributed by atoms with Gasteiger partial charge in [-0.1, -0.05) is 12.1 Å².